The molecule has 0 saturated carbocycles. The number of nitrogens with zero attached hydrogens (tertiary/aromatic N) is 1. The molecule has 0 fully saturated rings. The van der Waals surface area contributed by atoms with Crippen molar-refractivity contribution in [3.05, 3.63) is 29.3 Å². The fourth-order valence-electron chi connectivity index (χ4n) is 2.38. The molecular formula is C16H24N2O. The van der Waals surface area contributed by atoms with Gasteiger partial charge in [0.25, 0.3) is 0 Å². The number of fused-ring (bicyclic) bond motifs is 1. The van der Waals surface area contributed by atoms with Gasteiger partial charge < -0.3 is 10.2 Å². The number of carbonyl (C=O) groups is 1. The van der Waals surface area contributed by atoms with Crippen molar-refractivity contribution < 1.29 is 14.4 Å². The summed E-state index contributed by atoms with van der Waals surface area (Å²) >= 11 is 0. The number of carbonyl (C=O) groups excluding carboxylic acids is 1. The Bertz CT molecular complexity index is 673. The molecule has 19 heavy (non-hydrogen) atoms. The molecular weight excluding hydrogens is 236 g/mol. The second kappa shape index (κ2) is 6.71. The Balaban J connectivity index is 2.22. The molecule has 0 radical (unpaired) electrons. The van der Waals surface area contributed by atoms with Gasteiger partial charge in [-0.05, 0) is 49.4 Å². The van der Waals surface area contributed by atoms with Crippen molar-refractivity contribution in [3.63, 3.8) is 0 Å². The van der Waals surface area contributed by atoms with Gasteiger partial charge in [0, 0.05) is 21.8 Å². The van der Waals surface area contributed by atoms with Crippen molar-refractivity contribution in [2.45, 2.75) is 39.4 Å². The smallest absolute Gasteiger partial charge is 0.228 e. The first-order chi connectivity index (χ1) is 11.9. The van der Waals surface area contributed by atoms with Crippen molar-refractivity contribution in [1.82, 2.24) is 4.90 Å². The predicted molar refractivity (Wildman–Crippen MR) is 79.5 cm³/mol. The van der Waals surface area contributed by atoms with Crippen LogP contribution in [0.15, 0.2) is 18.2 Å². The minimum absolute atomic E-state index is 0.0908. The standard InChI is InChI=1S/C16H24N2O/c1-3-9-18(10-4-2)11-8-13-6-5-7-15-14(13)12-16(19)17-15/h5-7H,3-4,8-12H2,1-2H3,(H,17,19)/i1D3,3D2,9D2. The number of hydrogen-bond donors (Lipinski definition) is 1. The van der Waals surface area contributed by atoms with E-state index in [-0.39, 0.29) is 25.4 Å². The van der Waals surface area contributed by atoms with Gasteiger partial charge in [-0.3, -0.25) is 4.79 Å². The third kappa shape index (κ3) is 3.57. The Hall–Kier alpha value is -1.35. The van der Waals surface area contributed by atoms with Crippen LogP contribution in [0.4, 0.5) is 5.69 Å². The van der Waals surface area contributed by atoms with Crippen LogP contribution in [0.2, 0.25) is 0 Å². The van der Waals surface area contributed by atoms with Crippen LogP contribution in [-0.4, -0.2) is 30.4 Å². The minimum atomic E-state index is -3.08. The molecule has 2 rings (SSSR count). The van der Waals surface area contributed by atoms with Crippen LogP contribution in [0, 0.1) is 0 Å². The van der Waals surface area contributed by atoms with Crippen LogP contribution in [0.5, 0.6) is 0 Å². The van der Waals surface area contributed by atoms with Crippen LogP contribution in [-0.2, 0) is 17.6 Å². The highest BCUT2D eigenvalue weighted by Gasteiger charge is 2.20. The van der Waals surface area contributed by atoms with Crippen LogP contribution in [0.25, 0.3) is 0 Å². The Morgan fingerprint density at radius 3 is 3.16 bits per heavy atom. The van der Waals surface area contributed by atoms with E-state index in [0.717, 1.165) is 16.8 Å². The molecule has 0 spiro atoms. The van der Waals surface area contributed by atoms with Gasteiger partial charge in [-0.25, -0.2) is 0 Å². The molecule has 3 nitrogen and oxygen atoms in total. The maximum absolute atomic E-state index is 11.6. The van der Waals surface area contributed by atoms with Crippen LogP contribution >= 0.6 is 0 Å². The summed E-state index contributed by atoms with van der Waals surface area (Å²) in [6.07, 6.45) is -1.79. The first kappa shape index (κ1) is 7.44. The summed E-state index contributed by atoms with van der Waals surface area (Å²) in [5.74, 6) is -0.0908. The largest absolute Gasteiger partial charge is 0.326 e. The Labute approximate surface area is 125 Å². The molecule has 1 aliphatic heterocycles. The summed E-state index contributed by atoms with van der Waals surface area (Å²) in [7, 11) is 0. The van der Waals surface area contributed by atoms with Crippen molar-refractivity contribution in [2.75, 3.05) is 24.9 Å². The molecule has 1 aromatic carbocycles. The zero-order valence-electron chi connectivity index (χ0n) is 18.1. The minimum Gasteiger partial charge on any atom is -0.326 e. The molecule has 1 heterocycles. The molecule has 0 bridgehead atoms. The van der Waals surface area contributed by atoms with Crippen molar-refractivity contribution in [3.8, 4) is 0 Å². The van der Waals surface area contributed by atoms with Gasteiger partial charge in [0.15, 0.2) is 0 Å². The van der Waals surface area contributed by atoms with E-state index in [1.54, 1.807) is 12.1 Å². The second-order valence-electron chi connectivity index (χ2n) is 4.64. The van der Waals surface area contributed by atoms with E-state index in [1.165, 1.54) is 4.90 Å². The van der Waals surface area contributed by atoms with Crippen molar-refractivity contribution in [2.24, 2.45) is 0 Å². The van der Waals surface area contributed by atoms with Gasteiger partial charge in [0.1, 0.15) is 0 Å². The monoisotopic (exact) mass is 267 g/mol. The molecule has 1 N–H and O–H groups in total. The molecule has 1 aromatic rings. The Morgan fingerprint density at radius 2 is 2.37 bits per heavy atom. The van der Waals surface area contributed by atoms with E-state index in [0.29, 0.717) is 12.8 Å². The highest BCUT2D eigenvalue weighted by Crippen LogP contribution is 2.26. The lowest BCUT2D eigenvalue weighted by Gasteiger charge is -2.21. The quantitative estimate of drug-likeness (QED) is 0.824. The fourth-order valence-corrected chi connectivity index (χ4v) is 2.38. The van der Waals surface area contributed by atoms with Crippen LogP contribution in [0.3, 0.4) is 0 Å². The first-order valence-corrected chi connectivity index (χ1v) is 6.57. The zero-order valence-corrected chi connectivity index (χ0v) is 11.1. The molecule has 0 unspecified atom stereocenters. The Kier molecular flexibility index (Phi) is 2.63. The average molecular weight is 267 g/mol. The van der Waals surface area contributed by atoms with E-state index < -0.39 is 19.7 Å². The third-order valence-electron chi connectivity index (χ3n) is 3.24. The average Bonchev–Trinajstić information content (AvgIpc) is 2.90. The Morgan fingerprint density at radius 1 is 1.47 bits per heavy atom. The van der Waals surface area contributed by atoms with Gasteiger partial charge in [-0.2, -0.15) is 0 Å². The summed E-state index contributed by atoms with van der Waals surface area (Å²) in [4.78, 5) is 12.9. The number of anilines is 1. The van der Waals surface area contributed by atoms with Crippen LogP contribution < -0.4 is 5.32 Å². The van der Waals surface area contributed by atoms with Gasteiger partial charge in [-0.15, -0.1) is 0 Å². The number of hydrogen-bond acceptors (Lipinski definition) is 2. The zero-order chi connectivity index (χ0) is 19.8. The molecule has 0 aromatic heterocycles. The number of benzene rings is 1. The molecule has 0 saturated heterocycles. The fraction of sp³-hybridized carbons (Fsp3) is 0.562. The predicted octanol–water partition coefficient (Wildman–Crippen LogP) is 2.85. The lowest BCUT2D eigenvalue weighted by molar-refractivity contribution is -0.115. The van der Waals surface area contributed by atoms with Gasteiger partial charge in [0.05, 0.1) is 6.42 Å². The number of amides is 1. The van der Waals surface area contributed by atoms with Gasteiger partial charge in [-0.1, -0.05) is 25.9 Å². The molecule has 104 valence electrons. The third-order valence-corrected chi connectivity index (χ3v) is 3.24. The normalized spacial score (nSPS) is 21.4. The summed E-state index contributed by atoms with van der Waals surface area (Å²) < 4.78 is 54.2. The van der Waals surface area contributed by atoms with E-state index in [1.807, 2.05) is 13.0 Å². The van der Waals surface area contributed by atoms with Gasteiger partial charge in [0.2, 0.25) is 5.91 Å². The second-order valence-corrected chi connectivity index (χ2v) is 4.64. The van der Waals surface area contributed by atoms with E-state index in [9.17, 15) is 4.79 Å². The lowest BCUT2D eigenvalue weighted by atomic mass is 10.0. The SMILES string of the molecule is [2H]C([2H])([2H])C([2H])([2H])C([2H])([2H])N(CCC)CCc1cccc2c1CC(=O)N2. The molecule has 0 atom stereocenters. The topological polar surface area (TPSA) is 32.3 Å². The van der Waals surface area contributed by atoms with E-state index in [4.69, 9.17) is 9.60 Å². The van der Waals surface area contributed by atoms with Gasteiger partial charge >= 0.3 is 0 Å². The van der Waals surface area contributed by atoms with E-state index in [2.05, 4.69) is 5.32 Å². The molecule has 1 amide bonds. The van der Waals surface area contributed by atoms with Crippen molar-refractivity contribution >= 4 is 11.6 Å². The molecule has 3 heteroatoms. The summed E-state index contributed by atoms with van der Waals surface area (Å²) in [5, 5.41) is 2.76. The van der Waals surface area contributed by atoms with Crippen molar-refractivity contribution in [1.29, 1.82) is 0 Å². The maximum Gasteiger partial charge on any atom is 0.228 e. The van der Waals surface area contributed by atoms with E-state index >= 15 is 0 Å². The number of nitrogens with one attached hydrogen (secondary N) is 1. The summed E-state index contributed by atoms with van der Waals surface area (Å²) in [6, 6.07) is 5.47. The lowest BCUT2D eigenvalue weighted by Crippen LogP contribution is -2.28. The van der Waals surface area contributed by atoms with Crippen LogP contribution in [0.1, 0.15) is 47.3 Å². The highest BCUT2D eigenvalue weighted by atomic mass is 16.1. The molecule has 1 aliphatic rings. The maximum atomic E-state index is 11.6. The number of rotatable bonds is 7. The first-order valence-electron chi connectivity index (χ1n) is 10.1. The summed E-state index contributed by atoms with van der Waals surface area (Å²) in [5.41, 5.74) is 2.50. The highest BCUT2D eigenvalue weighted by molar-refractivity contribution is 5.99. The summed E-state index contributed by atoms with van der Waals surface area (Å²) in [6.45, 7) is -3.51. The molecule has 0 aliphatic carbocycles.